The Hall–Kier alpha value is -1.06. The van der Waals surface area contributed by atoms with Crippen LogP contribution in [-0.4, -0.2) is 38.4 Å². The van der Waals surface area contributed by atoms with E-state index >= 15 is 0 Å². The second-order valence-electron chi connectivity index (χ2n) is 4.60. The Balaban J connectivity index is 2.11. The van der Waals surface area contributed by atoms with Gasteiger partial charge >= 0.3 is 0 Å². The molecule has 96 valence electrons. The van der Waals surface area contributed by atoms with Crippen LogP contribution < -0.4 is 10.2 Å². The topological polar surface area (TPSA) is 35.5 Å². The van der Waals surface area contributed by atoms with Crippen LogP contribution in [0.1, 0.15) is 13.3 Å². The van der Waals surface area contributed by atoms with Crippen molar-refractivity contribution in [1.29, 1.82) is 0 Å². The number of nitrogens with one attached hydrogen (secondary N) is 1. The van der Waals surface area contributed by atoms with E-state index in [2.05, 4.69) is 41.5 Å². The molecule has 0 aromatic heterocycles. The standard InChI is InChI=1S/C14H24N2O/c1-13(12-17)11-15-9-6-10-16(2)14-7-4-3-5-8-14/h3-5,7-8,13,15,17H,6,9-12H2,1-2H3. The third-order valence-corrected chi connectivity index (χ3v) is 2.85. The SMILES string of the molecule is CC(CO)CNCCCN(C)c1ccccc1. The van der Waals surface area contributed by atoms with Crippen molar-refractivity contribution in [1.82, 2.24) is 5.32 Å². The average Bonchev–Trinajstić information content (AvgIpc) is 2.38. The first-order chi connectivity index (χ1) is 8.24. The fourth-order valence-corrected chi connectivity index (χ4v) is 1.67. The second-order valence-corrected chi connectivity index (χ2v) is 4.60. The van der Waals surface area contributed by atoms with E-state index < -0.39 is 0 Å². The maximum atomic E-state index is 8.88. The summed E-state index contributed by atoms with van der Waals surface area (Å²) in [5.74, 6) is 0.349. The summed E-state index contributed by atoms with van der Waals surface area (Å²) in [6.07, 6.45) is 1.11. The largest absolute Gasteiger partial charge is 0.396 e. The van der Waals surface area contributed by atoms with Gasteiger partial charge in [-0.25, -0.2) is 0 Å². The van der Waals surface area contributed by atoms with Crippen LogP contribution in [-0.2, 0) is 0 Å². The molecule has 0 aliphatic heterocycles. The number of hydrogen-bond acceptors (Lipinski definition) is 3. The van der Waals surface area contributed by atoms with Crippen LogP contribution in [0.15, 0.2) is 30.3 Å². The zero-order valence-corrected chi connectivity index (χ0v) is 10.9. The zero-order valence-electron chi connectivity index (χ0n) is 10.9. The van der Waals surface area contributed by atoms with Crippen LogP contribution in [0.5, 0.6) is 0 Å². The highest BCUT2D eigenvalue weighted by atomic mass is 16.3. The summed E-state index contributed by atoms with van der Waals surface area (Å²) >= 11 is 0. The van der Waals surface area contributed by atoms with Crippen LogP contribution in [0, 0.1) is 5.92 Å². The fourth-order valence-electron chi connectivity index (χ4n) is 1.67. The highest BCUT2D eigenvalue weighted by Crippen LogP contribution is 2.10. The van der Waals surface area contributed by atoms with Crippen molar-refractivity contribution in [2.24, 2.45) is 5.92 Å². The van der Waals surface area contributed by atoms with Gasteiger partial charge in [0.25, 0.3) is 0 Å². The predicted molar refractivity (Wildman–Crippen MR) is 73.4 cm³/mol. The third kappa shape index (κ3) is 5.71. The zero-order chi connectivity index (χ0) is 12.5. The Morgan fingerprint density at radius 2 is 2.00 bits per heavy atom. The Kier molecular flexibility index (Phi) is 6.67. The molecule has 0 aliphatic carbocycles. The van der Waals surface area contributed by atoms with Crippen LogP contribution in [0.3, 0.4) is 0 Å². The van der Waals surface area contributed by atoms with E-state index in [-0.39, 0.29) is 6.61 Å². The first kappa shape index (κ1) is 14.0. The quantitative estimate of drug-likeness (QED) is 0.675. The summed E-state index contributed by atoms with van der Waals surface area (Å²) in [4.78, 5) is 2.26. The fraction of sp³-hybridized carbons (Fsp3) is 0.571. The summed E-state index contributed by atoms with van der Waals surface area (Å²) < 4.78 is 0. The second kappa shape index (κ2) is 8.09. The van der Waals surface area contributed by atoms with Gasteiger partial charge in [0.2, 0.25) is 0 Å². The lowest BCUT2D eigenvalue weighted by atomic mass is 10.2. The number of aliphatic hydroxyl groups excluding tert-OH is 1. The molecule has 0 fully saturated rings. The van der Waals surface area contributed by atoms with Gasteiger partial charge in [-0.3, -0.25) is 0 Å². The molecule has 0 saturated heterocycles. The average molecular weight is 236 g/mol. The first-order valence-corrected chi connectivity index (χ1v) is 6.31. The van der Waals surface area contributed by atoms with E-state index in [0.717, 1.165) is 26.1 Å². The van der Waals surface area contributed by atoms with E-state index in [1.807, 2.05) is 13.0 Å². The maximum absolute atomic E-state index is 8.88. The predicted octanol–water partition coefficient (Wildman–Crippen LogP) is 1.73. The Morgan fingerprint density at radius 3 is 2.65 bits per heavy atom. The summed E-state index contributed by atoms with van der Waals surface area (Å²) in [7, 11) is 2.12. The van der Waals surface area contributed by atoms with Gasteiger partial charge in [-0.2, -0.15) is 0 Å². The van der Waals surface area contributed by atoms with Crippen molar-refractivity contribution in [3.63, 3.8) is 0 Å². The van der Waals surface area contributed by atoms with Gasteiger partial charge in [0, 0.05) is 25.9 Å². The molecule has 17 heavy (non-hydrogen) atoms. The minimum atomic E-state index is 0.261. The van der Waals surface area contributed by atoms with E-state index in [1.165, 1.54) is 5.69 Å². The molecule has 3 nitrogen and oxygen atoms in total. The van der Waals surface area contributed by atoms with E-state index in [1.54, 1.807) is 0 Å². The van der Waals surface area contributed by atoms with Crippen molar-refractivity contribution < 1.29 is 5.11 Å². The number of para-hydroxylation sites is 1. The van der Waals surface area contributed by atoms with Gasteiger partial charge in [0.15, 0.2) is 0 Å². The van der Waals surface area contributed by atoms with Crippen molar-refractivity contribution in [3.05, 3.63) is 30.3 Å². The summed E-state index contributed by atoms with van der Waals surface area (Å²) in [6.45, 7) is 5.25. The molecular weight excluding hydrogens is 212 g/mol. The molecule has 1 rings (SSSR count). The molecule has 1 aromatic rings. The lowest BCUT2D eigenvalue weighted by Gasteiger charge is -2.19. The molecule has 0 bridgehead atoms. The number of benzene rings is 1. The molecule has 3 heteroatoms. The lowest BCUT2D eigenvalue weighted by molar-refractivity contribution is 0.234. The minimum Gasteiger partial charge on any atom is -0.396 e. The molecule has 1 atom stereocenters. The normalized spacial score (nSPS) is 12.4. The Bertz CT molecular complexity index is 290. The molecule has 1 unspecified atom stereocenters. The summed E-state index contributed by atoms with van der Waals surface area (Å²) in [5, 5.41) is 12.2. The molecule has 0 saturated carbocycles. The Labute approximate surface area is 104 Å². The molecule has 1 aromatic carbocycles. The summed E-state index contributed by atoms with van der Waals surface area (Å²) in [5.41, 5.74) is 1.26. The van der Waals surface area contributed by atoms with Crippen molar-refractivity contribution in [2.45, 2.75) is 13.3 Å². The van der Waals surface area contributed by atoms with Crippen LogP contribution >= 0.6 is 0 Å². The van der Waals surface area contributed by atoms with Gasteiger partial charge in [-0.1, -0.05) is 25.1 Å². The van der Waals surface area contributed by atoms with Crippen molar-refractivity contribution in [3.8, 4) is 0 Å². The highest BCUT2D eigenvalue weighted by Gasteiger charge is 2.00. The van der Waals surface area contributed by atoms with Gasteiger partial charge in [-0.15, -0.1) is 0 Å². The van der Waals surface area contributed by atoms with E-state index in [0.29, 0.717) is 5.92 Å². The van der Waals surface area contributed by atoms with E-state index in [9.17, 15) is 0 Å². The van der Waals surface area contributed by atoms with Gasteiger partial charge in [-0.05, 0) is 37.6 Å². The number of anilines is 1. The van der Waals surface area contributed by atoms with Crippen molar-refractivity contribution >= 4 is 5.69 Å². The molecular formula is C14H24N2O. The van der Waals surface area contributed by atoms with Gasteiger partial charge < -0.3 is 15.3 Å². The van der Waals surface area contributed by atoms with Gasteiger partial charge in [0.1, 0.15) is 0 Å². The first-order valence-electron chi connectivity index (χ1n) is 6.31. The van der Waals surface area contributed by atoms with Gasteiger partial charge in [0.05, 0.1) is 0 Å². The minimum absolute atomic E-state index is 0.261. The van der Waals surface area contributed by atoms with Crippen LogP contribution in [0.2, 0.25) is 0 Å². The number of nitrogens with zero attached hydrogens (tertiary/aromatic N) is 1. The van der Waals surface area contributed by atoms with E-state index in [4.69, 9.17) is 5.11 Å². The number of rotatable bonds is 8. The summed E-state index contributed by atoms with van der Waals surface area (Å²) in [6, 6.07) is 10.4. The molecule has 0 radical (unpaired) electrons. The highest BCUT2D eigenvalue weighted by molar-refractivity contribution is 5.44. The smallest absolute Gasteiger partial charge is 0.0468 e. The maximum Gasteiger partial charge on any atom is 0.0468 e. The molecule has 2 N–H and O–H groups in total. The molecule has 0 amide bonds. The number of hydrogen-bond donors (Lipinski definition) is 2. The molecule has 0 heterocycles. The van der Waals surface area contributed by atoms with Crippen LogP contribution in [0.25, 0.3) is 0 Å². The number of aliphatic hydroxyl groups is 1. The molecule has 0 aliphatic rings. The van der Waals surface area contributed by atoms with Crippen LogP contribution in [0.4, 0.5) is 5.69 Å². The lowest BCUT2D eigenvalue weighted by Crippen LogP contribution is -2.27. The van der Waals surface area contributed by atoms with Crippen molar-refractivity contribution in [2.75, 3.05) is 38.2 Å². The molecule has 0 spiro atoms. The Morgan fingerprint density at radius 1 is 1.29 bits per heavy atom. The third-order valence-electron chi connectivity index (χ3n) is 2.85. The monoisotopic (exact) mass is 236 g/mol.